The minimum Gasteiger partial charge on any atom is -0.316 e. The molecule has 0 aliphatic carbocycles. The van der Waals surface area contributed by atoms with E-state index in [1.807, 2.05) is 0 Å². The lowest BCUT2D eigenvalue weighted by molar-refractivity contribution is 0.553. The van der Waals surface area contributed by atoms with E-state index in [2.05, 4.69) is 49.9 Å². The quantitative estimate of drug-likeness (QED) is 0.770. The van der Waals surface area contributed by atoms with Gasteiger partial charge in [-0.05, 0) is 44.8 Å². The van der Waals surface area contributed by atoms with Crippen molar-refractivity contribution in [3.63, 3.8) is 0 Å². The summed E-state index contributed by atoms with van der Waals surface area (Å²) >= 11 is 0. The normalized spacial score (nSPS) is 11.2. The van der Waals surface area contributed by atoms with E-state index in [4.69, 9.17) is 0 Å². The van der Waals surface area contributed by atoms with Crippen LogP contribution in [0.15, 0.2) is 0 Å². The van der Waals surface area contributed by atoms with Gasteiger partial charge in [-0.3, -0.25) is 0 Å². The number of rotatable bonds is 6. The van der Waals surface area contributed by atoms with E-state index in [1.165, 1.54) is 5.56 Å². The third-order valence-electron chi connectivity index (χ3n) is 2.89. The third-order valence-corrected chi connectivity index (χ3v) is 2.89. The van der Waals surface area contributed by atoms with Gasteiger partial charge in [-0.1, -0.05) is 20.8 Å². The predicted molar refractivity (Wildman–Crippen MR) is 72.3 cm³/mol. The largest absolute Gasteiger partial charge is 0.316 e. The van der Waals surface area contributed by atoms with Crippen LogP contribution in [0.5, 0.6) is 0 Å². The molecule has 0 unspecified atom stereocenters. The van der Waals surface area contributed by atoms with Gasteiger partial charge in [0.05, 0.1) is 0 Å². The van der Waals surface area contributed by atoms with Gasteiger partial charge in [0.2, 0.25) is 0 Å². The molecule has 0 aliphatic heterocycles. The second-order valence-electron chi connectivity index (χ2n) is 4.99. The van der Waals surface area contributed by atoms with E-state index in [1.54, 1.807) is 0 Å². The average molecular weight is 235 g/mol. The third kappa shape index (κ3) is 4.43. The first-order valence-electron chi connectivity index (χ1n) is 6.58. The highest BCUT2D eigenvalue weighted by atomic mass is 14.9. The molecule has 0 saturated heterocycles. The maximum atomic E-state index is 4.53. The lowest BCUT2D eigenvalue weighted by Crippen LogP contribution is -2.23. The van der Waals surface area contributed by atoms with E-state index in [0.29, 0.717) is 5.92 Å². The van der Waals surface area contributed by atoms with E-state index >= 15 is 0 Å². The number of aromatic nitrogens is 2. The molecule has 0 aromatic carbocycles. The van der Waals surface area contributed by atoms with Gasteiger partial charge in [0.15, 0.2) is 0 Å². The Kier molecular flexibility index (Phi) is 5.56. The summed E-state index contributed by atoms with van der Waals surface area (Å²) < 4.78 is 0. The van der Waals surface area contributed by atoms with Crippen molar-refractivity contribution in [3.05, 3.63) is 22.8 Å². The summed E-state index contributed by atoms with van der Waals surface area (Å²) in [6.07, 6.45) is 1.93. The van der Waals surface area contributed by atoms with Crippen molar-refractivity contribution < 1.29 is 0 Å². The van der Waals surface area contributed by atoms with Crippen molar-refractivity contribution in [1.29, 1.82) is 0 Å². The standard InChI is InChI=1S/C14H25N3/c1-6-14-16-11(4)13(12(5)17-14)7-8-15-9-10(2)3/h10,15H,6-9H2,1-5H3. The first kappa shape index (κ1) is 14.1. The SMILES string of the molecule is CCc1nc(C)c(CCNCC(C)C)c(C)n1. The van der Waals surface area contributed by atoms with E-state index in [0.717, 1.165) is 43.1 Å². The second kappa shape index (κ2) is 6.70. The molecule has 1 aromatic heterocycles. The molecule has 0 saturated carbocycles. The lowest BCUT2D eigenvalue weighted by atomic mass is 10.1. The van der Waals surface area contributed by atoms with Crippen LogP contribution < -0.4 is 5.32 Å². The van der Waals surface area contributed by atoms with Crippen LogP contribution in [0.1, 0.15) is 43.5 Å². The fourth-order valence-electron chi connectivity index (χ4n) is 1.93. The Morgan fingerprint density at radius 3 is 2.18 bits per heavy atom. The molecule has 96 valence electrons. The van der Waals surface area contributed by atoms with Crippen molar-refractivity contribution in [1.82, 2.24) is 15.3 Å². The fraction of sp³-hybridized carbons (Fsp3) is 0.714. The van der Waals surface area contributed by atoms with Gasteiger partial charge in [0.1, 0.15) is 5.82 Å². The van der Waals surface area contributed by atoms with Crippen LogP contribution >= 0.6 is 0 Å². The van der Waals surface area contributed by atoms with Crippen LogP contribution in [0.2, 0.25) is 0 Å². The summed E-state index contributed by atoms with van der Waals surface area (Å²) in [5, 5.41) is 3.46. The van der Waals surface area contributed by atoms with Gasteiger partial charge in [-0.2, -0.15) is 0 Å². The molecule has 0 spiro atoms. The molecule has 0 aliphatic rings. The van der Waals surface area contributed by atoms with Crippen LogP contribution in [0.4, 0.5) is 0 Å². The molecular weight excluding hydrogens is 210 g/mol. The molecule has 0 fully saturated rings. The Bertz CT molecular complexity index is 335. The first-order valence-corrected chi connectivity index (χ1v) is 6.58. The minimum absolute atomic E-state index is 0.705. The highest BCUT2D eigenvalue weighted by Crippen LogP contribution is 2.11. The van der Waals surface area contributed by atoms with Crippen molar-refractivity contribution in [2.24, 2.45) is 5.92 Å². The van der Waals surface area contributed by atoms with Gasteiger partial charge in [-0.15, -0.1) is 0 Å². The smallest absolute Gasteiger partial charge is 0.128 e. The van der Waals surface area contributed by atoms with Gasteiger partial charge in [0.25, 0.3) is 0 Å². The molecule has 3 heteroatoms. The summed E-state index contributed by atoms with van der Waals surface area (Å²) in [5.74, 6) is 1.66. The van der Waals surface area contributed by atoms with E-state index in [-0.39, 0.29) is 0 Å². The van der Waals surface area contributed by atoms with Crippen LogP contribution in [0, 0.1) is 19.8 Å². The zero-order chi connectivity index (χ0) is 12.8. The molecule has 3 nitrogen and oxygen atoms in total. The number of hydrogen-bond acceptors (Lipinski definition) is 3. The molecule has 1 aromatic rings. The number of hydrogen-bond donors (Lipinski definition) is 1. The van der Waals surface area contributed by atoms with Gasteiger partial charge in [0, 0.05) is 17.8 Å². The molecule has 0 bridgehead atoms. The lowest BCUT2D eigenvalue weighted by Gasteiger charge is -2.11. The monoisotopic (exact) mass is 235 g/mol. The van der Waals surface area contributed by atoms with Crippen LogP contribution in [0.25, 0.3) is 0 Å². The number of aryl methyl sites for hydroxylation is 3. The topological polar surface area (TPSA) is 37.8 Å². The highest BCUT2D eigenvalue weighted by Gasteiger charge is 2.07. The minimum atomic E-state index is 0.705. The molecule has 17 heavy (non-hydrogen) atoms. The maximum absolute atomic E-state index is 4.53. The molecule has 1 heterocycles. The molecule has 0 atom stereocenters. The Morgan fingerprint density at radius 1 is 1.12 bits per heavy atom. The number of nitrogens with one attached hydrogen (secondary N) is 1. The number of nitrogens with zero attached hydrogens (tertiary/aromatic N) is 2. The Morgan fingerprint density at radius 2 is 1.71 bits per heavy atom. The van der Waals surface area contributed by atoms with Crippen LogP contribution in [-0.2, 0) is 12.8 Å². The molecule has 0 radical (unpaired) electrons. The predicted octanol–water partition coefficient (Wildman–Crippen LogP) is 2.44. The first-order chi connectivity index (χ1) is 8.04. The van der Waals surface area contributed by atoms with Crippen LogP contribution in [0.3, 0.4) is 0 Å². The highest BCUT2D eigenvalue weighted by molar-refractivity contribution is 5.24. The fourth-order valence-corrected chi connectivity index (χ4v) is 1.93. The second-order valence-corrected chi connectivity index (χ2v) is 4.99. The Balaban J connectivity index is 2.59. The van der Waals surface area contributed by atoms with Crippen molar-refractivity contribution in [2.45, 2.75) is 47.5 Å². The molecule has 0 amide bonds. The summed E-state index contributed by atoms with van der Waals surface area (Å²) in [7, 11) is 0. The van der Waals surface area contributed by atoms with Gasteiger partial charge in [-0.25, -0.2) is 9.97 Å². The molecule has 1 rings (SSSR count). The summed E-state index contributed by atoms with van der Waals surface area (Å²) in [5.41, 5.74) is 3.58. The summed E-state index contributed by atoms with van der Waals surface area (Å²) in [4.78, 5) is 9.05. The summed E-state index contributed by atoms with van der Waals surface area (Å²) in [6.45, 7) is 12.8. The van der Waals surface area contributed by atoms with Gasteiger partial charge >= 0.3 is 0 Å². The molecule has 1 N–H and O–H groups in total. The Labute approximate surface area is 105 Å². The van der Waals surface area contributed by atoms with Crippen LogP contribution in [-0.4, -0.2) is 23.1 Å². The van der Waals surface area contributed by atoms with Crippen molar-refractivity contribution in [2.75, 3.05) is 13.1 Å². The Hall–Kier alpha value is -0.960. The van der Waals surface area contributed by atoms with E-state index in [9.17, 15) is 0 Å². The average Bonchev–Trinajstić information content (AvgIpc) is 2.26. The van der Waals surface area contributed by atoms with Crippen molar-refractivity contribution >= 4 is 0 Å². The van der Waals surface area contributed by atoms with Gasteiger partial charge < -0.3 is 5.32 Å². The maximum Gasteiger partial charge on any atom is 0.128 e. The summed E-state index contributed by atoms with van der Waals surface area (Å²) in [6, 6.07) is 0. The molecular formula is C14H25N3. The zero-order valence-corrected chi connectivity index (χ0v) is 11.8. The van der Waals surface area contributed by atoms with Crippen molar-refractivity contribution in [3.8, 4) is 0 Å². The zero-order valence-electron chi connectivity index (χ0n) is 11.8. The van der Waals surface area contributed by atoms with E-state index < -0.39 is 0 Å².